The Morgan fingerprint density at radius 1 is 1.03 bits per heavy atom. The predicted molar refractivity (Wildman–Crippen MR) is 131 cm³/mol. The van der Waals surface area contributed by atoms with Crippen LogP contribution in [0.2, 0.25) is 0 Å². The minimum atomic E-state index is -0.743. The highest BCUT2D eigenvalue weighted by molar-refractivity contribution is 6.46. The summed E-state index contributed by atoms with van der Waals surface area (Å²) in [4.78, 5) is 27.9. The number of ether oxygens (including phenoxy) is 1. The second-order valence-electron chi connectivity index (χ2n) is 9.05. The smallest absolute Gasteiger partial charge is 0.295 e. The van der Waals surface area contributed by atoms with Crippen LogP contribution in [0.1, 0.15) is 74.2 Å². The minimum absolute atomic E-state index is 0.0109. The Morgan fingerprint density at radius 2 is 1.79 bits per heavy atom. The maximum absolute atomic E-state index is 13.2. The summed E-state index contributed by atoms with van der Waals surface area (Å²) < 4.78 is 5.55. The van der Waals surface area contributed by atoms with E-state index in [0.717, 1.165) is 44.9 Å². The molecule has 1 heterocycles. The Hall–Kier alpha value is -3.28. The number of benzene rings is 2. The number of Topliss-reactive ketones (excluding diaryl/α,β-unsaturated/α-hetero) is 1. The number of hydrogen-bond donors (Lipinski definition) is 2. The molecular weight excluding hydrogens is 430 g/mol. The monoisotopic (exact) mass is 463 g/mol. The average Bonchev–Trinajstić information content (AvgIpc) is 3.10. The molecule has 0 aromatic heterocycles. The van der Waals surface area contributed by atoms with Crippen LogP contribution in [0.25, 0.3) is 5.76 Å². The first-order chi connectivity index (χ1) is 16.5. The second kappa shape index (κ2) is 10.3. The Morgan fingerprint density at radius 3 is 2.53 bits per heavy atom. The average molecular weight is 464 g/mol. The number of aliphatic hydroxyl groups excluding tert-OH is 1. The number of rotatable bonds is 8. The van der Waals surface area contributed by atoms with Crippen molar-refractivity contribution in [3.8, 4) is 11.5 Å². The van der Waals surface area contributed by atoms with Crippen molar-refractivity contribution >= 4 is 17.4 Å². The molecular formula is C28H33NO5. The van der Waals surface area contributed by atoms with E-state index in [4.69, 9.17) is 4.74 Å². The fourth-order valence-electron chi connectivity index (χ4n) is 5.00. The molecule has 1 aliphatic heterocycles. The molecule has 0 spiro atoms. The van der Waals surface area contributed by atoms with Crippen molar-refractivity contribution < 1.29 is 24.5 Å². The number of ketones is 1. The Bertz CT molecular complexity index is 1120. The lowest BCUT2D eigenvalue weighted by Gasteiger charge is -2.26. The molecule has 2 N–H and O–H groups in total. The van der Waals surface area contributed by atoms with Crippen LogP contribution < -0.4 is 4.74 Å². The van der Waals surface area contributed by atoms with Gasteiger partial charge in [0.25, 0.3) is 11.7 Å². The van der Waals surface area contributed by atoms with E-state index in [1.165, 1.54) is 17.2 Å². The van der Waals surface area contributed by atoms with Crippen LogP contribution in [0.4, 0.5) is 0 Å². The lowest BCUT2D eigenvalue weighted by molar-refractivity contribution is -0.139. The number of unbranched alkanes of at least 4 members (excludes halogenated alkanes) is 2. The summed E-state index contributed by atoms with van der Waals surface area (Å²) in [5, 5.41) is 21.5. The number of carbonyl (C=O) groups is 2. The van der Waals surface area contributed by atoms with Crippen molar-refractivity contribution in [2.45, 2.75) is 64.8 Å². The van der Waals surface area contributed by atoms with Crippen LogP contribution in [-0.2, 0) is 22.4 Å². The standard InChI is InChI=1S/C28H33NO5/c1-3-5-8-15-29-25(20-13-14-22(30)23(17-20)34-4-2)24(27(32)28(29)33)26(31)21-12-11-18-9-6-7-10-19(18)16-21/h11-14,16-17,25,30-31H,3-10,15H2,1-2H3/b26-24+. The zero-order valence-corrected chi connectivity index (χ0v) is 20.0. The lowest BCUT2D eigenvalue weighted by Crippen LogP contribution is -2.30. The van der Waals surface area contributed by atoms with Gasteiger partial charge in [0.05, 0.1) is 18.2 Å². The first kappa shape index (κ1) is 23.9. The molecule has 1 saturated heterocycles. The molecule has 2 aromatic rings. The number of aliphatic hydroxyl groups is 1. The van der Waals surface area contributed by atoms with E-state index in [2.05, 4.69) is 6.92 Å². The van der Waals surface area contributed by atoms with Crippen LogP contribution >= 0.6 is 0 Å². The number of phenolic OH excluding ortho intramolecular Hbond substituents is 1. The van der Waals surface area contributed by atoms with Crippen LogP contribution in [0.3, 0.4) is 0 Å². The molecule has 1 unspecified atom stereocenters. The third kappa shape index (κ3) is 4.54. The molecule has 4 rings (SSSR count). The highest BCUT2D eigenvalue weighted by atomic mass is 16.5. The molecule has 1 atom stereocenters. The molecule has 34 heavy (non-hydrogen) atoms. The van der Waals surface area contributed by atoms with Crippen molar-refractivity contribution in [1.29, 1.82) is 0 Å². The van der Waals surface area contributed by atoms with Crippen molar-refractivity contribution in [1.82, 2.24) is 4.90 Å². The van der Waals surface area contributed by atoms with Gasteiger partial charge in [-0.1, -0.05) is 38.0 Å². The van der Waals surface area contributed by atoms with Gasteiger partial charge in [0.15, 0.2) is 11.5 Å². The van der Waals surface area contributed by atoms with Crippen molar-refractivity contribution in [3.05, 3.63) is 64.2 Å². The Kier molecular flexibility index (Phi) is 7.25. The first-order valence-corrected chi connectivity index (χ1v) is 12.3. The maximum Gasteiger partial charge on any atom is 0.295 e. The summed E-state index contributed by atoms with van der Waals surface area (Å²) in [6, 6.07) is 9.91. The number of hydrogen-bond acceptors (Lipinski definition) is 5. The topological polar surface area (TPSA) is 87.1 Å². The Labute approximate surface area is 200 Å². The summed E-state index contributed by atoms with van der Waals surface area (Å²) in [5.41, 5.74) is 3.73. The van der Waals surface area contributed by atoms with Crippen LogP contribution in [-0.4, -0.2) is 40.0 Å². The predicted octanol–water partition coefficient (Wildman–Crippen LogP) is 5.28. The van der Waals surface area contributed by atoms with Crippen LogP contribution in [0, 0.1) is 0 Å². The molecule has 1 aliphatic carbocycles. The van der Waals surface area contributed by atoms with Crippen LogP contribution in [0.5, 0.6) is 11.5 Å². The first-order valence-electron chi connectivity index (χ1n) is 12.3. The fourth-order valence-corrected chi connectivity index (χ4v) is 5.00. The number of nitrogens with zero attached hydrogens (tertiary/aromatic N) is 1. The quantitative estimate of drug-likeness (QED) is 0.241. The van der Waals surface area contributed by atoms with E-state index in [9.17, 15) is 19.8 Å². The molecule has 1 fully saturated rings. The van der Waals surface area contributed by atoms with E-state index in [1.807, 2.05) is 25.1 Å². The zero-order valence-electron chi connectivity index (χ0n) is 20.0. The molecule has 6 nitrogen and oxygen atoms in total. The highest BCUT2D eigenvalue weighted by Crippen LogP contribution is 2.42. The van der Waals surface area contributed by atoms with Crippen molar-refractivity contribution in [2.75, 3.05) is 13.2 Å². The second-order valence-corrected chi connectivity index (χ2v) is 9.05. The van der Waals surface area contributed by atoms with Gasteiger partial charge in [0, 0.05) is 12.1 Å². The number of amides is 1. The molecule has 2 aromatic carbocycles. The summed E-state index contributed by atoms with van der Waals surface area (Å²) >= 11 is 0. The fraction of sp³-hybridized carbons (Fsp3) is 0.429. The van der Waals surface area contributed by atoms with Crippen molar-refractivity contribution in [3.63, 3.8) is 0 Å². The van der Waals surface area contributed by atoms with Gasteiger partial charge in [-0.15, -0.1) is 0 Å². The van der Waals surface area contributed by atoms with E-state index in [0.29, 0.717) is 24.3 Å². The molecule has 180 valence electrons. The van der Waals surface area contributed by atoms with Crippen LogP contribution in [0.15, 0.2) is 42.0 Å². The third-order valence-electron chi connectivity index (χ3n) is 6.76. The number of phenols is 1. The zero-order chi connectivity index (χ0) is 24.2. The van der Waals surface area contributed by atoms with E-state index < -0.39 is 17.7 Å². The number of carbonyl (C=O) groups excluding carboxylic acids is 2. The highest BCUT2D eigenvalue weighted by Gasteiger charge is 2.46. The Balaban J connectivity index is 1.82. The number of likely N-dealkylation sites (tertiary alicyclic amines) is 1. The maximum atomic E-state index is 13.2. The normalized spacial score (nSPS) is 19.4. The van der Waals surface area contributed by atoms with Gasteiger partial charge in [-0.2, -0.15) is 0 Å². The van der Waals surface area contributed by atoms with Crippen molar-refractivity contribution in [2.24, 2.45) is 0 Å². The third-order valence-corrected chi connectivity index (χ3v) is 6.76. The number of aryl methyl sites for hydroxylation is 2. The van der Waals surface area contributed by atoms with Gasteiger partial charge in [0.1, 0.15) is 5.76 Å². The SMILES string of the molecule is CCCCCN1C(=O)C(=O)/C(=C(/O)c2ccc3c(c2)CCCC3)C1c1ccc(O)c(OCC)c1. The summed E-state index contributed by atoms with van der Waals surface area (Å²) in [6.07, 6.45) is 6.90. The van der Waals surface area contributed by atoms with Gasteiger partial charge in [-0.05, 0) is 73.9 Å². The summed E-state index contributed by atoms with van der Waals surface area (Å²) in [7, 11) is 0. The molecule has 1 amide bonds. The molecule has 2 aliphatic rings. The lowest BCUT2D eigenvalue weighted by atomic mass is 9.88. The molecule has 0 saturated carbocycles. The number of fused-ring (bicyclic) bond motifs is 1. The van der Waals surface area contributed by atoms with Gasteiger partial charge in [0.2, 0.25) is 0 Å². The van der Waals surface area contributed by atoms with E-state index in [1.54, 1.807) is 17.0 Å². The summed E-state index contributed by atoms with van der Waals surface area (Å²) in [5.74, 6) is -1.16. The minimum Gasteiger partial charge on any atom is -0.507 e. The van der Waals surface area contributed by atoms with Gasteiger partial charge >= 0.3 is 0 Å². The van der Waals surface area contributed by atoms with Gasteiger partial charge in [-0.25, -0.2) is 0 Å². The van der Waals surface area contributed by atoms with Gasteiger partial charge in [-0.3, -0.25) is 9.59 Å². The molecule has 0 bridgehead atoms. The van der Waals surface area contributed by atoms with E-state index >= 15 is 0 Å². The molecule has 6 heteroatoms. The van der Waals surface area contributed by atoms with E-state index in [-0.39, 0.29) is 22.8 Å². The summed E-state index contributed by atoms with van der Waals surface area (Å²) in [6.45, 7) is 4.67. The largest absolute Gasteiger partial charge is 0.507 e. The van der Waals surface area contributed by atoms with Gasteiger partial charge < -0.3 is 19.8 Å². The molecule has 0 radical (unpaired) electrons. The number of aromatic hydroxyl groups is 1.